The highest BCUT2D eigenvalue weighted by atomic mass is 32.2. The van der Waals surface area contributed by atoms with Crippen molar-refractivity contribution in [3.8, 4) is 16.9 Å². The average molecular weight is 305 g/mol. The van der Waals surface area contributed by atoms with Gasteiger partial charge in [0.1, 0.15) is 5.75 Å². The summed E-state index contributed by atoms with van der Waals surface area (Å²) in [5.74, 6) is 0.876. The topological polar surface area (TPSA) is 21.3 Å². The zero-order valence-corrected chi connectivity index (χ0v) is 13.0. The Kier molecular flexibility index (Phi) is 3.28. The monoisotopic (exact) mass is 305 g/mol. The lowest BCUT2D eigenvalue weighted by molar-refractivity contribution is 0.415. The molecule has 1 aliphatic heterocycles. The van der Waals surface area contributed by atoms with Gasteiger partial charge in [-0.1, -0.05) is 48.2 Å². The number of benzene rings is 3. The highest BCUT2D eigenvalue weighted by Gasteiger charge is 2.18. The van der Waals surface area contributed by atoms with E-state index >= 15 is 0 Å². The molecule has 0 saturated carbocycles. The third kappa shape index (κ3) is 2.24. The first-order valence-corrected chi connectivity index (χ1v) is 7.98. The molecule has 3 heteroatoms. The van der Waals surface area contributed by atoms with E-state index in [1.165, 1.54) is 32.3 Å². The molecule has 3 aromatic carbocycles. The van der Waals surface area contributed by atoms with Crippen LogP contribution in [0.5, 0.6) is 5.75 Å². The van der Waals surface area contributed by atoms with Gasteiger partial charge in [0, 0.05) is 15.4 Å². The van der Waals surface area contributed by atoms with Gasteiger partial charge in [0.05, 0.1) is 18.5 Å². The van der Waals surface area contributed by atoms with Gasteiger partial charge >= 0.3 is 0 Å². The highest BCUT2D eigenvalue weighted by Crippen LogP contribution is 2.47. The molecule has 108 valence electrons. The fourth-order valence-corrected chi connectivity index (χ4v) is 3.69. The molecule has 1 N–H and O–H groups in total. The third-order valence-corrected chi connectivity index (χ3v) is 4.93. The Hall–Kier alpha value is -2.39. The molecule has 0 saturated heterocycles. The van der Waals surface area contributed by atoms with E-state index in [0.29, 0.717) is 0 Å². The average Bonchev–Trinajstić information content (AvgIpc) is 2.59. The number of hydrogen-bond acceptors (Lipinski definition) is 3. The number of rotatable bonds is 2. The van der Waals surface area contributed by atoms with Gasteiger partial charge in [0.25, 0.3) is 0 Å². The van der Waals surface area contributed by atoms with E-state index < -0.39 is 0 Å². The second-order valence-corrected chi connectivity index (χ2v) is 6.21. The van der Waals surface area contributed by atoms with Crippen molar-refractivity contribution < 1.29 is 4.74 Å². The molecule has 0 aliphatic carbocycles. The SMILES string of the molecule is COc1ccc(-c2cccc3c2Nc2ccccc2S3)cc1. The van der Waals surface area contributed by atoms with Crippen LogP contribution in [0.25, 0.3) is 11.1 Å². The molecule has 2 nitrogen and oxygen atoms in total. The van der Waals surface area contributed by atoms with Gasteiger partial charge in [-0.15, -0.1) is 0 Å². The molecule has 1 aliphatic rings. The Morgan fingerprint density at radius 1 is 0.818 bits per heavy atom. The normalized spacial score (nSPS) is 12.0. The molecule has 0 spiro atoms. The van der Waals surface area contributed by atoms with Crippen molar-refractivity contribution in [3.05, 3.63) is 66.7 Å². The van der Waals surface area contributed by atoms with E-state index in [1.54, 1.807) is 7.11 Å². The second kappa shape index (κ2) is 5.43. The Morgan fingerprint density at radius 3 is 2.41 bits per heavy atom. The van der Waals surface area contributed by atoms with Crippen molar-refractivity contribution in [3.63, 3.8) is 0 Å². The van der Waals surface area contributed by atoms with Gasteiger partial charge in [-0.2, -0.15) is 0 Å². The van der Waals surface area contributed by atoms with E-state index in [2.05, 4.69) is 59.9 Å². The number of nitrogens with one attached hydrogen (secondary N) is 1. The van der Waals surface area contributed by atoms with Gasteiger partial charge in [-0.05, 0) is 35.9 Å². The lowest BCUT2D eigenvalue weighted by Crippen LogP contribution is -2.01. The van der Waals surface area contributed by atoms with E-state index in [1.807, 2.05) is 23.9 Å². The lowest BCUT2D eigenvalue weighted by atomic mass is 10.0. The second-order valence-electron chi connectivity index (χ2n) is 5.13. The van der Waals surface area contributed by atoms with Gasteiger partial charge in [0.15, 0.2) is 0 Å². The fourth-order valence-electron chi connectivity index (χ4n) is 2.67. The van der Waals surface area contributed by atoms with Crippen LogP contribution < -0.4 is 10.1 Å². The van der Waals surface area contributed by atoms with E-state index in [0.717, 1.165) is 5.75 Å². The molecule has 3 aromatic rings. The van der Waals surface area contributed by atoms with E-state index in [4.69, 9.17) is 4.74 Å². The number of para-hydroxylation sites is 2. The summed E-state index contributed by atoms with van der Waals surface area (Å²) in [5, 5.41) is 3.58. The quantitative estimate of drug-likeness (QED) is 0.523. The molecule has 0 amide bonds. The first-order chi connectivity index (χ1) is 10.8. The van der Waals surface area contributed by atoms with Gasteiger partial charge in [-0.25, -0.2) is 0 Å². The summed E-state index contributed by atoms with van der Waals surface area (Å²) in [5.41, 5.74) is 4.74. The molecule has 0 atom stereocenters. The summed E-state index contributed by atoms with van der Waals surface area (Å²) in [6.07, 6.45) is 0. The van der Waals surface area contributed by atoms with Crippen LogP contribution in [0, 0.1) is 0 Å². The summed E-state index contributed by atoms with van der Waals surface area (Å²) in [4.78, 5) is 2.52. The predicted octanol–water partition coefficient (Wildman–Crippen LogP) is 5.57. The van der Waals surface area contributed by atoms with Crippen LogP contribution in [-0.2, 0) is 0 Å². The van der Waals surface area contributed by atoms with Crippen LogP contribution >= 0.6 is 11.8 Å². The van der Waals surface area contributed by atoms with Gasteiger partial charge < -0.3 is 10.1 Å². The minimum Gasteiger partial charge on any atom is -0.497 e. The lowest BCUT2D eigenvalue weighted by Gasteiger charge is -2.23. The first kappa shape index (κ1) is 13.3. The summed E-state index contributed by atoms with van der Waals surface area (Å²) in [6, 6.07) is 23.0. The molecule has 0 bridgehead atoms. The van der Waals surface area contributed by atoms with Crippen molar-refractivity contribution in [2.45, 2.75) is 9.79 Å². The van der Waals surface area contributed by atoms with Crippen molar-refractivity contribution in [1.29, 1.82) is 0 Å². The predicted molar refractivity (Wildman–Crippen MR) is 92.3 cm³/mol. The molecule has 0 radical (unpaired) electrons. The molecule has 0 fully saturated rings. The number of hydrogen-bond donors (Lipinski definition) is 1. The summed E-state index contributed by atoms with van der Waals surface area (Å²) >= 11 is 1.81. The molecular weight excluding hydrogens is 290 g/mol. The van der Waals surface area contributed by atoms with Gasteiger partial charge in [-0.3, -0.25) is 0 Å². The molecule has 0 aromatic heterocycles. The largest absolute Gasteiger partial charge is 0.497 e. The Bertz CT molecular complexity index is 827. The zero-order valence-electron chi connectivity index (χ0n) is 12.2. The molecule has 4 rings (SSSR count). The van der Waals surface area contributed by atoms with E-state index in [9.17, 15) is 0 Å². The standard InChI is InChI=1S/C19H15NOS/c1-21-14-11-9-13(10-12-14)15-5-4-8-18-19(15)20-16-6-2-3-7-17(16)22-18/h2-12,20H,1H3. The number of anilines is 2. The first-order valence-electron chi connectivity index (χ1n) is 7.16. The summed E-state index contributed by atoms with van der Waals surface area (Å²) in [7, 11) is 1.69. The number of ether oxygens (including phenoxy) is 1. The number of fused-ring (bicyclic) bond motifs is 2. The minimum absolute atomic E-state index is 0.876. The minimum atomic E-state index is 0.876. The Balaban J connectivity index is 1.80. The Morgan fingerprint density at radius 2 is 1.59 bits per heavy atom. The fraction of sp³-hybridized carbons (Fsp3) is 0.0526. The molecule has 22 heavy (non-hydrogen) atoms. The molecule has 0 unspecified atom stereocenters. The van der Waals surface area contributed by atoms with Crippen LogP contribution in [0.2, 0.25) is 0 Å². The maximum Gasteiger partial charge on any atom is 0.118 e. The smallest absolute Gasteiger partial charge is 0.118 e. The Labute approximate surface area is 134 Å². The summed E-state index contributed by atoms with van der Waals surface area (Å²) in [6.45, 7) is 0. The third-order valence-electron chi connectivity index (χ3n) is 3.79. The van der Waals surface area contributed by atoms with Crippen LogP contribution in [0.3, 0.4) is 0 Å². The van der Waals surface area contributed by atoms with Crippen LogP contribution in [-0.4, -0.2) is 7.11 Å². The van der Waals surface area contributed by atoms with Crippen molar-refractivity contribution in [1.82, 2.24) is 0 Å². The maximum atomic E-state index is 5.24. The van der Waals surface area contributed by atoms with Crippen molar-refractivity contribution >= 4 is 23.1 Å². The van der Waals surface area contributed by atoms with Crippen molar-refractivity contribution in [2.24, 2.45) is 0 Å². The summed E-state index contributed by atoms with van der Waals surface area (Å²) < 4.78 is 5.24. The molecular formula is C19H15NOS. The zero-order chi connectivity index (χ0) is 14.9. The highest BCUT2D eigenvalue weighted by molar-refractivity contribution is 7.99. The maximum absolute atomic E-state index is 5.24. The van der Waals surface area contributed by atoms with Crippen LogP contribution in [0.15, 0.2) is 76.5 Å². The molecule has 1 heterocycles. The number of methoxy groups -OCH3 is 1. The van der Waals surface area contributed by atoms with Crippen LogP contribution in [0.4, 0.5) is 11.4 Å². The van der Waals surface area contributed by atoms with Crippen LogP contribution in [0.1, 0.15) is 0 Å². The van der Waals surface area contributed by atoms with Crippen molar-refractivity contribution in [2.75, 3.05) is 12.4 Å². The van der Waals surface area contributed by atoms with Gasteiger partial charge in [0.2, 0.25) is 0 Å². The van der Waals surface area contributed by atoms with E-state index in [-0.39, 0.29) is 0 Å².